The van der Waals surface area contributed by atoms with Crippen LogP contribution in [0.2, 0.25) is 0 Å². The van der Waals surface area contributed by atoms with Crippen LogP contribution in [0, 0.1) is 19.8 Å². The van der Waals surface area contributed by atoms with Crippen LogP contribution in [0.15, 0.2) is 24.4 Å². The van der Waals surface area contributed by atoms with Crippen LogP contribution in [0.25, 0.3) is 5.82 Å². The molecule has 0 radical (unpaired) electrons. The number of nitrogens with one attached hydrogen (secondary N) is 1. The number of hydrogen-bond donors (Lipinski definition) is 2. The molecule has 0 saturated heterocycles. The number of amides is 1. The quantitative estimate of drug-likeness (QED) is 0.893. The van der Waals surface area contributed by atoms with E-state index in [2.05, 4.69) is 15.4 Å². The number of carboxylic acids is 1. The SMILES string of the molecule is Cc1cc(C)n(-c2ccc(C(=O)N[C@@H]3CCC[C@@H]3C(=O)O)cn2)n1. The third-order valence-corrected chi connectivity index (χ3v) is 4.39. The monoisotopic (exact) mass is 328 g/mol. The number of aromatic nitrogens is 3. The number of carbonyl (C=O) groups is 2. The molecule has 1 amide bonds. The van der Waals surface area contributed by atoms with Crippen molar-refractivity contribution in [3.8, 4) is 5.82 Å². The lowest BCUT2D eigenvalue weighted by Gasteiger charge is -2.17. The van der Waals surface area contributed by atoms with Crippen molar-refractivity contribution in [2.75, 3.05) is 0 Å². The average Bonchev–Trinajstić information content (AvgIpc) is 3.13. The van der Waals surface area contributed by atoms with Crippen molar-refractivity contribution in [2.45, 2.75) is 39.2 Å². The summed E-state index contributed by atoms with van der Waals surface area (Å²) in [5, 5.41) is 16.4. The molecule has 24 heavy (non-hydrogen) atoms. The van der Waals surface area contributed by atoms with Crippen molar-refractivity contribution in [3.63, 3.8) is 0 Å². The van der Waals surface area contributed by atoms with E-state index in [9.17, 15) is 14.7 Å². The first-order chi connectivity index (χ1) is 11.5. The number of carbonyl (C=O) groups excluding carboxylic acids is 1. The molecule has 1 aliphatic carbocycles. The molecule has 1 saturated carbocycles. The second-order valence-electron chi connectivity index (χ2n) is 6.20. The predicted molar refractivity (Wildman–Crippen MR) is 87.1 cm³/mol. The van der Waals surface area contributed by atoms with Gasteiger partial charge in [-0.1, -0.05) is 6.42 Å². The van der Waals surface area contributed by atoms with Crippen LogP contribution in [0.5, 0.6) is 0 Å². The summed E-state index contributed by atoms with van der Waals surface area (Å²) in [6, 6.07) is 5.05. The molecule has 0 bridgehead atoms. The summed E-state index contributed by atoms with van der Waals surface area (Å²) in [7, 11) is 0. The van der Waals surface area contributed by atoms with E-state index in [1.54, 1.807) is 16.8 Å². The lowest BCUT2D eigenvalue weighted by atomic mass is 10.0. The molecule has 0 unspecified atom stereocenters. The molecule has 2 heterocycles. The third kappa shape index (κ3) is 3.15. The highest BCUT2D eigenvalue weighted by Gasteiger charge is 2.34. The smallest absolute Gasteiger partial charge is 0.308 e. The molecule has 3 rings (SSSR count). The van der Waals surface area contributed by atoms with Crippen molar-refractivity contribution in [3.05, 3.63) is 41.3 Å². The topological polar surface area (TPSA) is 97.1 Å². The van der Waals surface area contributed by atoms with Gasteiger partial charge in [-0.25, -0.2) is 9.67 Å². The van der Waals surface area contributed by atoms with E-state index in [0.29, 0.717) is 24.2 Å². The van der Waals surface area contributed by atoms with E-state index in [1.165, 1.54) is 6.20 Å². The molecule has 2 aromatic heterocycles. The Morgan fingerprint density at radius 1 is 1.29 bits per heavy atom. The van der Waals surface area contributed by atoms with Gasteiger partial charge in [0, 0.05) is 17.9 Å². The number of nitrogens with zero attached hydrogens (tertiary/aromatic N) is 3. The van der Waals surface area contributed by atoms with E-state index < -0.39 is 11.9 Å². The Morgan fingerprint density at radius 2 is 2.08 bits per heavy atom. The fourth-order valence-electron chi connectivity index (χ4n) is 3.19. The standard InChI is InChI=1S/C17H20N4O3/c1-10-8-11(2)21(20-10)15-7-6-12(9-18-15)16(22)19-14-5-3-4-13(14)17(23)24/h6-9,13-14H,3-5H2,1-2H3,(H,19,22)(H,23,24)/t13-,14+/m0/s1. The number of hydrogen-bond acceptors (Lipinski definition) is 4. The zero-order valence-electron chi connectivity index (χ0n) is 13.7. The van der Waals surface area contributed by atoms with E-state index in [-0.39, 0.29) is 11.9 Å². The number of aliphatic carboxylic acids is 1. The first-order valence-corrected chi connectivity index (χ1v) is 7.99. The molecular formula is C17H20N4O3. The minimum atomic E-state index is -0.851. The zero-order valence-corrected chi connectivity index (χ0v) is 13.7. The van der Waals surface area contributed by atoms with Gasteiger partial charge in [0.05, 0.1) is 17.2 Å². The highest BCUT2D eigenvalue weighted by Crippen LogP contribution is 2.26. The molecule has 0 aliphatic heterocycles. The van der Waals surface area contributed by atoms with Crippen LogP contribution >= 0.6 is 0 Å². The number of rotatable bonds is 4. The van der Waals surface area contributed by atoms with Crippen LogP contribution in [-0.2, 0) is 4.79 Å². The molecule has 126 valence electrons. The van der Waals surface area contributed by atoms with Gasteiger partial charge in [0.2, 0.25) is 0 Å². The molecule has 1 fully saturated rings. The Hall–Kier alpha value is -2.70. The van der Waals surface area contributed by atoms with Gasteiger partial charge in [-0.3, -0.25) is 9.59 Å². The van der Waals surface area contributed by atoms with Crippen molar-refractivity contribution in [1.82, 2.24) is 20.1 Å². The summed E-state index contributed by atoms with van der Waals surface area (Å²) in [6.45, 7) is 3.85. The Kier molecular flexibility index (Phi) is 4.33. The maximum atomic E-state index is 12.3. The molecule has 7 heteroatoms. The lowest BCUT2D eigenvalue weighted by Crippen LogP contribution is -2.40. The van der Waals surface area contributed by atoms with E-state index in [1.807, 2.05) is 19.9 Å². The van der Waals surface area contributed by atoms with Crippen LogP contribution in [0.3, 0.4) is 0 Å². The van der Waals surface area contributed by atoms with Crippen molar-refractivity contribution >= 4 is 11.9 Å². The second-order valence-corrected chi connectivity index (χ2v) is 6.20. The van der Waals surface area contributed by atoms with Gasteiger partial charge in [0.15, 0.2) is 5.82 Å². The number of aryl methyl sites for hydroxylation is 2. The molecule has 1 aliphatic rings. The Bertz CT molecular complexity index is 767. The molecule has 7 nitrogen and oxygen atoms in total. The Labute approximate surface area is 139 Å². The number of carboxylic acid groups (broad SMARTS) is 1. The van der Waals surface area contributed by atoms with Gasteiger partial charge in [0.25, 0.3) is 5.91 Å². The van der Waals surface area contributed by atoms with Crippen molar-refractivity contribution < 1.29 is 14.7 Å². The van der Waals surface area contributed by atoms with E-state index in [0.717, 1.165) is 17.8 Å². The summed E-state index contributed by atoms with van der Waals surface area (Å²) < 4.78 is 1.72. The summed E-state index contributed by atoms with van der Waals surface area (Å²) in [6.07, 6.45) is 3.61. The average molecular weight is 328 g/mol. The normalized spacial score (nSPS) is 20.1. The second kappa shape index (κ2) is 6.43. The summed E-state index contributed by atoms with van der Waals surface area (Å²) in [4.78, 5) is 27.8. The Balaban J connectivity index is 1.72. The summed E-state index contributed by atoms with van der Waals surface area (Å²) >= 11 is 0. The van der Waals surface area contributed by atoms with E-state index >= 15 is 0 Å². The van der Waals surface area contributed by atoms with E-state index in [4.69, 9.17) is 0 Å². The first-order valence-electron chi connectivity index (χ1n) is 7.99. The van der Waals surface area contributed by atoms with Gasteiger partial charge in [0.1, 0.15) is 0 Å². The minimum Gasteiger partial charge on any atom is -0.481 e. The van der Waals surface area contributed by atoms with Crippen molar-refractivity contribution in [2.24, 2.45) is 5.92 Å². The molecule has 2 N–H and O–H groups in total. The highest BCUT2D eigenvalue weighted by molar-refractivity contribution is 5.94. The predicted octanol–water partition coefficient (Wildman–Crippen LogP) is 1.87. The largest absolute Gasteiger partial charge is 0.481 e. The maximum absolute atomic E-state index is 12.3. The minimum absolute atomic E-state index is 0.291. The molecule has 2 atom stereocenters. The molecule has 0 spiro atoms. The molecule has 0 aromatic carbocycles. The lowest BCUT2D eigenvalue weighted by molar-refractivity contribution is -0.142. The number of pyridine rings is 1. The first kappa shape index (κ1) is 16.2. The van der Waals surface area contributed by atoms with Crippen molar-refractivity contribution in [1.29, 1.82) is 0 Å². The van der Waals surface area contributed by atoms with Gasteiger partial charge >= 0.3 is 5.97 Å². The third-order valence-electron chi connectivity index (χ3n) is 4.39. The fourth-order valence-corrected chi connectivity index (χ4v) is 3.19. The van der Waals surface area contributed by atoms with Crippen LogP contribution in [-0.4, -0.2) is 37.8 Å². The summed E-state index contributed by atoms with van der Waals surface area (Å²) in [5.41, 5.74) is 2.28. The molecular weight excluding hydrogens is 308 g/mol. The van der Waals surface area contributed by atoms with Gasteiger partial charge in [-0.05, 0) is 44.9 Å². The van der Waals surface area contributed by atoms with Crippen LogP contribution in [0.1, 0.15) is 41.0 Å². The highest BCUT2D eigenvalue weighted by atomic mass is 16.4. The molecule has 2 aromatic rings. The van der Waals surface area contributed by atoms with Gasteiger partial charge in [-0.2, -0.15) is 5.10 Å². The Morgan fingerprint density at radius 3 is 2.67 bits per heavy atom. The van der Waals surface area contributed by atoms with Gasteiger partial charge < -0.3 is 10.4 Å². The van der Waals surface area contributed by atoms with Gasteiger partial charge in [-0.15, -0.1) is 0 Å². The fraction of sp³-hybridized carbons (Fsp3) is 0.412. The maximum Gasteiger partial charge on any atom is 0.308 e. The van der Waals surface area contributed by atoms with Crippen LogP contribution < -0.4 is 5.32 Å². The zero-order chi connectivity index (χ0) is 17.3. The van der Waals surface area contributed by atoms with Crippen LogP contribution in [0.4, 0.5) is 0 Å². The summed E-state index contributed by atoms with van der Waals surface area (Å²) in [5.74, 6) is -1.01.